The van der Waals surface area contributed by atoms with E-state index in [1.807, 2.05) is 38.1 Å². The van der Waals surface area contributed by atoms with Gasteiger partial charge in [0.15, 0.2) is 5.78 Å². The van der Waals surface area contributed by atoms with Crippen LogP contribution in [0.5, 0.6) is 0 Å². The summed E-state index contributed by atoms with van der Waals surface area (Å²) in [5.74, 6) is -0.992. The largest absolute Gasteiger partial charge is 0.383 e. The Kier molecular flexibility index (Phi) is 5.61. The van der Waals surface area contributed by atoms with Gasteiger partial charge in [0, 0.05) is 28.9 Å². The van der Waals surface area contributed by atoms with E-state index in [9.17, 15) is 14.9 Å². The summed E-state index contributed by atoms with van der Waals surface area (Å²) in [5, 5.41) is 11.5. The zero-order valence-corrected chi connectivity index (χ0v) is 19.3. The number of amides is 1. The maximum atomic E-state index is 13.4. The van der Waals surface area contributed by atoms with E-state index in [-0.39, 0.29) is 22.6 Å². The molecule has 1 amide bonds. The summed E-state index contributed by atoms with van der Waals surface area (Å²) in [6.07, 6.45) is 3.88. The minimum absolute atomic E-state index is 0.0575. The molecular formula is C24H22BrN5O2. The lowest BCUT2D eigenvalue weighted by molar-refractivity contribution is -0.118. The number of aromatic nitrogens is 1. The molecule has 2 aliphatic rings. The summed E-state index contributed by atoms with van der Waals surface area (Å²) >= 11 is 3.56. The van der Waals surface area contributed by atoms with Crippen LogP contribution in [0.2, 0.25) is 0 Å². The Morgan fingerprint density at radius 2 is 2.03 bits per heavy atom. The molecule has 1 unspecified atom stereocenters. The van der Waals surface area contributed by atoms with Gasteiger partial charge in [-0.15, -0.1) is 0 Å². The Morgan fingerprint density at radius 3 is 2.69 bits per heavy atom. The van der Waals surface area contributed by atoms with E-state index in [1.54, 1.807) is 18.3 Å². The molecule has 0 fully saturated rings. The number of nitrogens with zero attached hydrogens (tertiary/aromatic N) is 3. The monoisotopic (exact) mass is 491 g/mol. The zero-order valence-electron chi connectivity index (χ0n) is 17.7. The molecule has 7 nitrogen and oxygen atoms in total. The number of allylic oxidation sites excluding steroid dienone is 3. The quantitative estimate of drug-likeness (QED) is 0.672. The number of nitrogens with one attached hydrogen (secondary N) is 1. The average molecular weight is 492 g/mol. The Labute approximate surface area is 194 Å². The lowest BCUT2D eigenvalue weighted by Gasteiger charge is -2.43. The number of ketones is 1. The standard InChI is InChI=1S/C24H22BrN5O2/c1-24(2)10-18-21(19(31)11-24)20(15-7-3-4-8-17(15)25)16(12-26)22(27)30(18)29-23(32)14-6-5-9-28-13-14/h3-9,13,20H,10-11,27H2,1-2H3,(H,29,32). The molecule has 3 N–H and O–H groups in total. The minimum Gasteiger partial charge on any atom is -0.383 e. The molecule has 0 saturated heterocycles. The van der Waals surface area contributed by atoms with Crippen molar-refractivity contribution in [1.29, 1.82) is 5.26 Å². The summed E-state index contributed by atoms with van der Waals surface area (Å²) in [5.41, 5.74) is 11.4. The Bertz CT molecular complexity index is 1210. The van der Waals surface area contributed by atoms with Gasteiger partial charge in [0.05, 0.1) is 28.8 Å². The fourth-order valence-electron chi connectivity index (χ4n) is 4.32. The number of hydrogen-bond donors (Lipinski definition) is 2. The molecule has 0 bridgehead atoms. The van der Waals surface area contributed by atoms with E-state index in [0.717, 1.165) is 10.0 Å². The third kappa shape index (κ3) is 3.80. The Morgan fingerprint density at radius 1 is 1.28 bits per heavy atom. The van der Waals surface area contributed by atoms with Gasteiger partial charge >= 0.3 is 0 Å². The Balaban J connectivity index is 1.89. The van der Waals surface area contributed by atoms with Crippen LogP contribution < -0.4 is 11.2 Å². The number of rotatable bonds is 3. The van der Waals surface area contributed by atoms with Gasteiger partial charge in [-0.05, 0) is 35.6 Å². The van der Waals surface area contributed by atoms with Crippen molar-refractivity contribution in [3.63, 3.8) is 0 Å². The first kappa shape index (κ1) is 21.8. The number of halogens is 1. The number of nitrogens with two attached hydrogens (primary N) is 1. The predicted octanol–water partition coefficient (Wildman–Crippen LogP) is 3.93. The van der Waals surface area contributed by atoms with Crippen molar-refractivity contribution < 1.29 is 9.59 Å². The molecule has 2 heterocycles. The van der Waals surface area contributed by atoms with Gasteiger partial charge in [0.25, 0.3) is 5.91 Å². The number of Topliss-reactive ketones (excluding diaryl/α,β-unsaturated/α-hetero) is 1. The molecule has 1 atom stereocenters. The first-order valence-corrected chi connectivity index (χ1v) is 10.9. The second kappa shape index (κ2) is 8.24. The Hall–Kier alpha value is -3.44. The van der Waals surface area contributed by atoms with E-state index in [2.05, 4.69) is 32.4 Å². The maximum Gasteiger partial charge on any atom is 0.271 e. The summed E-state index contributed by atoms with van der Waals surface area (Å²) in [6.45, 7) is 4.01. The molecule has 1 aliphatic heterocycles. The second-order valence-corrected chi connectivity index (χ2v) is 9.54. The predicted molar refractivity (Wildman–Crippen MR) is 122 cm³/mol. The van der Waals surface area contributed by atoms with Gasteiger partial charge in [-0.2, -0.15) is 5.26 Å². The third-order valence-corrected chi connectivity index (χ3v) is 6.46. The molecule has 162 valence electrons. The van der Waals surface area contributed by atoms with Crippen molar-refractivity contribution in [1.82, 2.24) is 15.4 Å². The van der Waals surface area contributed by atoms with Crippen LogP contribution in [0, 0.1) is 16.7 Å². The molecule has 0 spiro atoms. The van der Waals surface area contributed by atoms with Gasteiger partial charge in [-0.1, -0.05) is 48.0 Å². The number of benzene rings is 1. The first-order chi connectivity index (χ1) is 15.2. The highest BCUT2D eigenvalue weighted by atomic mass is 79.9. The number of pyridine rings is 1. The van der Waals surface area contributed by atoms with E-state index in [0.29, 0.717) is 29.7 Å². The molecule has 32 heavy (non-hydrogen) atoms. The minimum atomic E-state index is -0.610. The van der Waals surface area contributed by atoms with E-state index < -0.39 is 11.8 Å². The molecule has 0 saturated carbocycles. The smallest absolute Gasteiger partial charge is 0.271 e. The zero-order chi connectivity index (χ0) is 23.0. The molecule has 1 aliphatic carbocycles. The molecule has 1 aromatic heterocycles. The van der Waals surface area contributed by atoms with Gasteiger partial charge < -0.3 is 5.73 Å². The van der Waals surface area contributed by atoms with E-state index in [4.69, 9.17) is 5.73 Å². The molecule has 8 heteroatoms. The highest BCUT2D eigenvalue weighted by Gasteiger charge is 2.45. The van der Waals surface area contributed by atoms with Crippen molar-refractivity contribution in [3.8, 4) is 6.07 Å². The number of carbonyl (C=O) groups excluding carboxylic acids is 2. The number of nitriles is 1. The van der Waals surface area contributed by atoms with Gasteiger partial charge in [0.1, 0.15) is 5.82 Å². The van der Waals surface area contributed by atoms with Gasteiger partial charge in [-0.25, -0.2) is 5.01 Å². The second-order valence-electron chi connectivity index (χ2n) is 8.68. The number of carbonyl (C=O) groups is 2. The molecule has 0 radical (unpaired) electrons. The van der Waals surface area contributed by atoms with Crippen molar-refractivity contribution >= 4 is 27.6 Å². The first-order valence-electron chi connectivity index (χ1n) is 10.1. The van der Waals surface area contributed by atoms with Crippen molar-refractivity contribution in [3.05, 3.63) is 87.1 Å². The van der Waals surface area contributed by atoms with Crippen LogP contribution in [0.1, 0.15) is 48.5 Å². The molecule has 4 rings (SSSR count). The van der Waals surface area contributed by atoms with Crippen LogP contribution in [0.3, 0.4) is 0 Å². The number of hydrazine groups is 1. The van der Waals surface area contributed by atoms with Crippen LogP contribution in [0.4, 0.5) is 0 Å². The van der Waals surface area contributed by atoms with Crippen LogP contribution in [0.15, 0.2) is 75.9 Å². The van der Waals surface area contributed by atoms with Crippen LogP contribution in [-0.4, -0.2) is 21.7 Å². The van der Waals surface area contributed by atoms with Crippen molar-refractivity contribution in [2.24, 2.45) is 11.1 Å². The fraction of sp³-hybridized carbons (Fsp3) is 0.250. The van der Waals surface area contributed by atoms with E-state index >= 15 is 0 Å². The summed E-state index contributed by atoms with van der Waals surface area (Å²) < 4.78 is 0.780. The van der Waals surface area contributed by atoms with Crippen LogP contribution in [-0.2, 0) is 4.79 Å². The van der Waals surface area contributed by atoms with Crippen molar-refractivity contribution in [2.75, 3.05) is 0 Å². The SMILES string of the molecule is CC1(C)CC(=O)C2=C(C1)N(NC(=O)c1cccnc1)C(N)=C(C#N)C2c1ccccc1Br. The summed E-state index contributed by atoms with van der Waals surface area (Å²) in [4.78, 5) is 30.3. The topological polar surface area (TPSA) is 112 Å². The molecule has 2 aromatic rings. The highest BCUT2D eigenvalue weighted by Crippen LogP contribution is 2.49. The lowest BCUT2D eigenvalue weighted by Crippen LogP contribution is -2.49. The summed E-state index contributed by atoms with van der Waals surface area (Å²) in [7, 11) is 0. The molecular weight excluding hydrogens is 470 g/mol. The molecule has 1 aromatic carbocycles. The average Bonchev–Trinajstić information content (AvgIpc) is 2.75. The third-order valence-electron chi connectivity index (χ3n) is 5.73. The fourth-order valence-corrected chi connectivity index (χ4v) is 4.83. The normalized spacial score (nSPS) is 20.0. The van der Waals surface area contributed by atoms with Crippen LogP contribution >= 0.6 is 15.9 Å². The van der Waals surface area contributed by atoms with Gasteiger partial charge in [0.2, 0.25) is 0 Å². The number of hydrogen-bond acceptors (Lipinski definition) is 6. The highest BCUT2D eigenvalue weighted by molar-refractivity contribution is 9.10. The van der Waals surface area contributed by atoms with E-state index in [1.165, 1.54) is 11.2 Å². The lowest BCUT2D eigenvalue weighted by atomic mass is 9.69. The summed E-state index contributed by atoms with van der Waals surface area (Å²) in [6, 6.07) is 13.0. The van der Waals surface area contributed by atoms with Crippen molar-refractivity contribution in [2.45, 2.75) is 32.6 Å². The van der Waals surface area contributed by atoms with Crippen LogP contribution in [0.25, 0.3) is 0 Å². The maximum absolute atomic E-state index is 13.4. The van der Waals surface area contributed by atoms with Gasteiger partial charge in [-0.3, -0.25) is 20.0 Å².